The summed E-state index contributed by atoms with van der Waals surface area (Å²) in [6.07, 6.45) is 2.55. The van der Waals surface area contributed by atoms with Crippen LogP contribution in [0.15, 0.2) is 36.5 Å². The van der Waals surface area contributed by atoms with Crippen LogP contribution in [0.5, 0.6) is 11.5 Å². The van der Waals surface area contributed by atoms with E-state index in [4.69, 9.17) is 14.6 Å². The monoisotopic (exact) mass is 259 g/mol. The lowest BCUT2D eigenvalue weighted by molar-refractivity contribution is 0.0688. The van der Waals surface area contributed by atoms with E-state index in [1.807, 2.05) is 12.1 Å². The molecule has 0 fully saturated rings. The molecule has 0 amide bonds. The Morgan fingerprint density at radius 1 is 1.16 bits per heavy atom. The number of hydrogen-bond donors (Lipinski definition) is 1. The molecule has 5 nitrogen and oxygen atoms in total. The van der Waals surface area contributed by atoms with Crippen LogP contribution < -0.4 is 9.47 Å². The van der Waals surface area contributed by atoms with Gasteiger partial charge in [-0.3, -0.25) is 0 Å². The maximum absolute atomic E-state index is 11.1. The molecular weight excluding hydrogens is 246 g/mol. The minimum atomic E-state index is -0.961. The number of carboxylic acid groups (broad SMARTS) is 1. The summed E-state index contributed by atoms with van der Waals surface area (Å²) in [6, 6.07) is 8.69. The Labute approximate surface area is 110 Å². The lowest BCUT2D eigenvalue weighted by Gasteiger charge is -2.11. The zero-order valence-corrected chi connectivity index (χ0v) is 10.2. The van der Waals surface area contributed by atoms with E-state index >= 15 is 0 Å². The van der Waals surface area contributed by atoms with Crippen LogP contribution in [0.4, 0.5) is 0 Å². The van der Waals surface area contributed by atoms with Crippen molar-refractivity contribution >= 4 is 5.97 Å². The van der Waals surface area contributed by atoms with Gasteiger partial charge >= 0.3 is 5.97 Å². The summed E-state index contributed by atoms with van der Waals surface area (Å²) in [5, 5.41) is 9.12. The SMILES string of the molecule is O=C(O)c1cccn1-c1ccc2c(c1)OCCCO2. The average Bonchev–Trinajstić information content (AvgIpc) is 2.78. The number of rotatable bonds is 2. The first-order valence-corrected chi connectivity index (χ1v) is 6.06. The largest absolute Gasteiger partial charge is 0.490 e. The van der Waals surface area contributed by atoms with Gasteiger partial charge in [0.05, 0.1) is 13.2 Å². The highest BCUT2D eigenvalue weighted by Crippen LogP contribution is 2.32. The van der Waals surface area contributed by atoms with Crippen molar-refractivity contribution in [3.8, 4) is 17.2 Å². The highest BCUT2D eigenvalue weighted by atomic mass is 16.5. The van der Waals surface area contributed by atoms with Gasteiger partial charge in [-0.2, -0.15) is 0 Å². The number of fused-ring (bicyclic) bond motifs is 1. The Hall–Kier alpha value is -2.43. The molecule has 0 saturated carbocycles. The number of ether oxygens (including phenoxy) is 2. The predicted molar refractivity (Wildman–Crippen MR) is 68.3 cm³/mol. The molecule has 5 heteroatoms. The van der Waals surface area contributed by atoms with Crippen molar-refractivity contribution in [2.45, 2.75) is 6.42 Å². The molecule has 0 spiro atoms. The fourth-order valence-electron chi connectivity index (χ4n) is 2.08. The minimum Gasteiger partial charge on any atom is -0.490 e. The number of benzene rings is 1. The summed E-state index contributed by atoms with van der Waals surface area (Å²) in [5.74, 6) is 0.391. The normalized spacial score (nSPS) is 13.9. The van der Waals surface area contributed by atoms with Crippen LogP contribution in [-0.4, -0.2) is 28.9 Å². The Morgan fingerprint density at radius 3 is 2.74 bits per heavy atom. The van der Waals surface area contributed by atoms with Crippen LogP contribution in [0.2, 0.25) is 0 Å². The maximum atomic E-state index is 11.1. The number of aromatic carboxylic acids is 1. The van der Waals surface area contributed by atoms with E-state index in [-0.39, 0.29) is 5.69 Å². The molecule has 1 aromatic carbocycles. The zero-order valence-electron chi connectivity index (χ0n) is 10.2. The number of nitrogens with zero attached hydrogens (tertiary/aromatic N) is 1. The summed E-state index contributed by atoms with van der Waals surface area (Å²) in [5.41, 5.74) is 0.959. The van der Waals surface area contributed by atoms with Gasteiger partial charge in [0.25, 0.3) is 0 Å². The number of carbonyl (C=O) groups is 1. The zero-order chi connectivity index (χ0) is 13.2. The minimum absolute atomic E-state index is 0.217. The standard InChI is InChI=1S/C14H13NO4/c16-14(17)11-3-1-6-15(11)10-4-5-12-13(9-10)19-8-2-7-18-12/h1,3-6,9H,2,7-8H2,(H,16,17). The summed E-state index contributed by atoms with van der Waals surface area (Å²) < 4.78 is 12.8. The molecule has 0 bridgehead atoms. The second kappa shape index (κ2) is 4.68. The van der Waals surface area contributed by atoms with Crippen LogP contribution in [-0.2, 0) is 0 Å². The third-order valence-corrected chi connectivity index (χ3v) is 2.98. The molecule has 1 aliphatic rings. The molecule has 0 saturated heterocycles. The first-order chi connectivity index (χ1) is 9.25. The predicted octanol–water partition coefficient (Wildman–Crippen LogP) is 2.34. The third-order valence-electron chi connectivity index (χ3n) is 2.98. The van der Waals surface area contributed by atoms with E-state index < -0.39 is 5.97 Å². The van der Waals surface area contributed by atoms with Crippen molar-refractivity contribution in [2.75, 3.05) is 13.2 Å². The van der Waals surface area contributed by atoms with Crippen molar-refractivity contribution < 1.29 is 19.4 Å². The summed E-state index contributed by atoms with van der Waals surface area (Å²) in [4.78, 5) is 11.1. The van der Waals surface area contributed by atoms with Crippen molar-refractivity contribution in [3.63, 3.8) is 0 Å². The topological polar surface area (TPSA) is 60.7 Å². The van der Waals surface area contributed by atoms with E-state index in [1.54, 1.807) is 29.0 Å². The van der Waals surface area contributed by atoms with Gasteiger partial charge in [-0.05, 0) is 24.3 Å². The van der Waals surface area contributed by atoms with Gasteiger partial charge in [0.2, 0.25) is 0 Å². The summed E-state index contributed by atoms with van der Waals surface area (Å²) in [7, 11) is 0. The Morgan fingerprint density at radius 2 is 1.95 bits per heavy atom. The van der Waals surface area contributed by atoms with E-state index in [0.717, 1.165) is 12.1 Å². The lowest BCUT2D eigenvalue weighted by atomic mass is 10.2. The molecule has 2 aromatic rings. The van der Waals surface area contributed by atoms with Crippen LogP contribution in [0.25, 0.3) is 5.69 Å². The summed E-state index contributed by atoms with van der Waals surface area (Å²) in [6.45, 7) is 1.24. The molecule has 0 unspecified atom stereocenters. The molecule has 2 heterocycles. The Bertz CT molecular complexity index is 618. The molecule has 0 atom stereocenters. The average molecular weight is 259 g/mol. The fraction of sp³-hybridized carbons (Fsp3) is 0.214. The lowest BCUT2D eigenvalue weighted by Crippen LogP contribution is -2.05. The smallest absolute Gasteiger partial charge is 0.352 e. The third kappa shape index (κ3) is 2.14. The van der Waals surface area contributed by atoms with Gasteiger partial charge < -0.3 is 19.1 Å². The van der Waals surface area contributed by atoms with Crippen molar-refractivity contribution in [2.24, 2.45) is 0 Å². The van der Waals surface area contributed by atoms with Crippen LogP contribution in [0.1, 0.15) is 16.9 Å². The molecule has 3 rings (SSSR count). The van der Waals surface area contributed by atoms with Crippen LogP contribution in [0.3, 0.4) is 0 Å². The molecule has 0 aliphatic carbocycles. The highest BCUT2D eigenvalue weighted by molar-refractivity contribution is 5.86. The second-order valence-electron chi connectivity index (χ2n) is 4.25. The Kier molecular flexibility index (Phi) is 2.87. The molecule has 0 radical (unpaired) electrons. The Balaban J connectivity index is 2.04. The van der Waals surface area contributed by atoms with Crippen molar-refractivity contribution in [1.82, 2.24) is 4.57 Å². The van der Waals surface area contributed by atoms with Gasteiger partial charge in [0.1, 0.15) is 5.69 Å². The van der Waals surface area contributed by atoms with E-state index in [9.17, 15) is 4.79 Å². The fourth-order valence-corrected chi connectivity index (χ4v) is 2.08. The number of hydrogen-bond acceptors (Lipinski definition) is 3. The van der Waals surface area contributed by atoms with Gasteiger partial charge in [0.15, 0.2) is 11.5 Å². The first kappa shape index (κ1) is 11.6. The first-order valence-electron chi connectivity index (χ1n) is 6.06. The molecule has 98 valence electrons. The van der Waals surface area contributed by atoms with Crippen molar-refractivity contribution in [1.29, 1.82) is 0 Å². The van der Waals surface area contributed by atoms with E-state index in [2.05, 4.69) is 0 Å². The van der Waals surface area contributed by atoms with Gasteiger partial charge in [0, 0.05) is 24.4 Å². The van der Waals surface area contributed by atoms with E-state index in [1.165, 1.54) is 0 Å². The van der Waals surface area contributed by atoms with Gasteiger partial charge in [-0.15, -0.1) is 0 Å². The maximum Gasteiger partial charge on any atom is 0.352 e. The van der Waals surface area contributed by atoms with Crippen LogP contribution in [0, 0.1) is 0 Å². The molecule has 1 aliphatic heterocycles. The molecule has 19 heavy (non-hydrogen) atoms. The van der Waals surface area contributed by atoms with Crippen LogP contribution >= 0.6 is 0 Å². The van der Waals surface area contributed by atoms with Gasteiger partial charge in [-0.25, -0.2) is 4.79 Å². The highest BCUT2D eigenvalue weighted by Gasteiger charge is 2.14. The van der Waals surface area contributed by atoms with Crippen molar-refractivity contribution in [3.05, 3.63) is 42.2 Å². The summed E-state index contributed by atoms with van der Waals surface area (Å²) >= 11 is 0. The second-order valence-corrected chi connectivity index (χ2v) is 4.25. The van der Waals surface area contributed by atoms with E-state index in [0.29, 0.717) is 24.7 Å². The quantitative estimate of drug-likeness (QED) is 0.899. The van der Waals surface area contributed by atoms with Gasteiger partial charge in [-0.1, -0.05) is 0 Å². The molecule has 1 N–H and O–H groups in total. The number of aromatic nitrogens is 1. The molecular formula is C14H13NO4. The molecule has 1 aromatic heterocycles. The number of carboxylic acids is 1.